The lowest BCUT2D eigenvalue weighted by molar-refractivity contribution is -0.147. The van der Waals surface area contributed by atoms with Gasteiger partial charge in [-0.1, -0.05) is 60.7 Å². The topological polar surface area (TPSA) is 111 Å². The Balaban J connectivity index is 1.90. The van der Waals surface area contributed by atoms with Gasteiger partial charge in [-0.3, -0.25) is 4.57 Å². The second kappa shape index (κ2) is 12.7. The van der Waals surface area contributed by atoms with Crippen LogP contribution in [0.5, 0.6) is 0 Å². The molecule has 8 nitrogen and oxygen atoms in total. The standard InChI is InChI=1S/C20H24NO7P/c22-15-28-29(25)12-11-18(19(23)26-13-16-7-3-1-4-8-16)21-20(24)27-14-17-9-5-2-6-10-17/h1-10,18,22,29H,11-15H2,(H,21,24)/t18-/m1/s1. The summed E-state index contributed by atoms with van der Waals surface area (Å²) in [5, 5.41) is 11.1. The van der Waals surface area contributed by atoms with Crippen molar-refractivity contribution in [2.75, 3.05) is 13.0 Å². The number of carbonyl (C=O) groups excluding carboxylic acids is 2. The summed E-state index contributed by atoms with van der Waals surface area (Å²) in [4.78, 5) is 24.5. The van der Waals surface area contributed by atoms with E-state index < -0.39 is 32.9 Å². The van der Waals surface area contributed by atoms with Crippen LogP contribution in [0.3, 0.4) is 0 Å². The summed E-state index contributed by atoms with van der Waals surface area (Å²) in [5.41, 5.74) is 1.59. The van der Waals surface area contributed by atoms with Gasteiger partial charge in [0.1, 0.15) is 26.0 Å². The molecule has 2 N–H and O–H groups in total. The molecule has 0 spiro atoms. The Labute approximate surface area is 169 Å². The van der Waals surface area contributed by atoms with Crippen molar-refractivity contribution in [3.05, 3.63) is 71.8 Å². The van der Waals surface area contributed by atoms with Crippen LogP contribution < -0.4 is 5.32 Å². The molecule has 0 aliphatic carbocycles. The van der Waals surface area contributed by atoms with Gasteiger partial charge in [0.2, 0.25) is 0 Å². The largest absolute Gasteiger partial charge is 0.459 e. The summed E-state index contributed by atoms with van der Waals surface area (Å²) in [5.74, 6) is -0.677. The van der Waals surface area contributed by atoms with E-state index in [0.717, 1.165) is 11.1 Å². The number of rotatable bonds is 11. The molecular formula is C20H24NO7P. The number of aliphatic hydroxyl groups is 1. The first-order valence-electron chi connectivity index (χ1n) is 9.02. The number of aliphatic hydroxyl groups excluding tert-OH is 1. The zero-order valence-corrected chi connectivity index (χ0v) is 16.8. The van der Waals surface area contributed by atoms with E-state index >= 15 is 0 Å². The molecule has 29 heavy (non-hydrogen) atoms. The maximum absolute atomic E-state index is 12.4. The third-order valence-corrected chi connectivity index (χ3v) is 5.02. The lowest BCUT2D eigenvalue weighted by Gasteiger charge is -2.17. The average molecular weight is 421 g/mol. The second-order valence-electron chi connectivity index (χ2n) is 6.04. The molecular weight excluding hydrogens is 397 g/mol. The Bertz CT molecular complexity index is 786. The van der Waals surface area contributed by atoms with E-state index in [4.69, 9.17) is 14.6 Å². The van der Waals surface area contributed by atoms with Gasteiger partial charge in [0, 0.05) is 6.16 Å². The SMILES string of the molecule is O=C(N[C@H](CC[PH](=O)OCO)C(=O)OCc1ccccc1)OCc1ccccc1. The highest BCUT2D eigenvalue weighted by Crippen LogP contribution is 2.23. The zero-order valence-electron chi connectivity index (χ0n) is 15.8. The number of esters is 1. The first-order valence-corrected chi connectivity index (χ1v) is 10.5. The van der Waals surface area contributed by atoms with Crippen LogP contribution in [-0.4, -0.2) is 36.2 Å². The minimum absolute atomic E-state index is 0.00467. The number of carbonyl (C=O) groups is 2. The van der Waals surface area contributed by atoms with E-state index in [1.54, 1.807) is 24.3 Å². The predicted molar refractivity (Wildman–Crippen MR) is 106 cm³/mol. The normalized spacial score (nSPS) is 12.6. The highest BCUT2D eigenvalue weighted by molar-refractivity contribution is 7.39. The highest BCUT2D eigenvalue weighted by Gasteiger charge is 2.24. The van der Waals surface area contributed by atoms with Gasteiger partial charge in [-0.25, -0.2) is 9.59 Å². The van der Waals surface area contributed by atoms with Crippen LogP contribution in [0.25, 0.3) is 0 Å². The molecule has 2 rings (SSSR count). The molecule has 2 aromatic rings. The molecule has 1 amide bonds. The van der Waals surface area contributed by atoms with Crippen LogP contribution in [0.1, 0.15) is 17.5 Å². The molecule has 0 fully saturated rings. The monoisotopic (exact) mass is 421 g/mol. The smallest absolute Gasteiger partial charge is 0.408 e. The maximum atomic E-state index is 12.4. The van der Waals surface area contributed by atoms with E-state index in [1.165, 1.54) is 0 Å². The van der Waals surface area contributed by atoms with Crippen molar-refractivity contribution in [3.63, 3.8) is 0 Å². The van der Waals surface area contributed by atoms with Crippen molar-refractivity contribution >= 4 is 20.1 Å². The van der Waals surface area contributed by atoms with Crippen molar-refractivity contribution in [1.82, 2.24) is 5.32 Å². The van der Waals surface area contributed by atoms with E-state index in [9.17, 15) is 14.2 Å². The molecule has 2 atom stereocenters. The Hall–Kier alpha value is -2.67. The Morgan fingerprint density at radius 2 is 1.48 bits per heavy atom. The third-order valence-electron chi connectivity index (χ3n) is 3.88. The maximum Gasteiger partial charge on any atom is 0.408 e. The van der Waals surface area contributed by atoms with Gasteiger partial charge in [-0.2, -0.15) is 0 Å². The fourth-order valence-corrected chi connectivity index (χ4v) is 3.20. The van der Waals surface area contributed by atoms with Crippen molar-refractivity contribution < 1.29 is 33.3 Å². The van der Waals surface area contributed by atoms with Crippen LogP contribution in [0.15, 0.2) is 60.7 Å². The lowest BCUT2D eigenvalue weighted by atomic mass is 10.2. The van der Waals surface area contributed by atoms with E-state index in [1.807, 2.05) is 36.4 Å². The molecule has 2 aromatic carbocycles. The lowest BCUT2D eigenvalue weighted by Crippen LogP contribution is -2.42. The number of benzene rings is 2. The number of ether oxygens (including phenoxy) is 2. The van der Waals surface area contributed by atoms with E-state index in [0.29, 0.717) is 0 Å². The molecule has 0 aromatic heterocycles. The van der Waals surface area contributed by atoms with Gasteiger partial charge >= 0.3 is 12.1 Å². The number of hydrogen-bond acceptors (Lipinski definition) is 7. The molecule has 0 saturated heterocycles. The predicted octanol–water partition coefficient (Wildman–Crippen LogP) is 2.86. The number of nitrogens with one attached hydrogen (secondary N) is 1. The molecule has 0 aliphatic rings. The second-order valence-corrected chi connectivity index (χ2v) is 7.57. The Morgan fingerprint density at radius 3 is 2.03 bits per heavy atom. The number of amides is 1. The summed E-state index contributed by atoms with van der Waals surface area (Å²) in [6.45, 7) is -0.588. The Kier molecular flexibility index (Phi) is 9.92. The van der Waals surface area contributed by atoms with Crippen LogP contribution in [0, 0.1) is 0 Å². The van der Waals surface area contributed by atoms with Crippen LogP contribution >= 0.6 is 8.03 Å². The summed E-state index contributed by atoms with van der Waals surface area (Å²) in [7, 11) is -2.52. The molecule has 0 radical (unpaired) electrons. The minimum atomic E-state index is -2.52. The zero-order chi connectivity index (χ0) is 20.9. The van der Waals surface area contributed by atoms with Crippen molar-refractivity contribution in [3.8, 4) is 0 Å². The first-order chi connectivity index (χ1) is 14.1. The molecule has 9 heteroatoms. The van der Waals surface area contributed by atoms with E-state index in [2.05, 4.69) is 9.84 Å². The molecule has 0 aliphatic heterocycles. The van der Waals surface area contributed by atoms with Crippen LogP contribution in [0.2, 0.25) is 0 Å². The summed E-state index contributed by atoms with van der Waals surface area (Å²) < 4.78 is 26.7. The van der Waals surface area contributed by atoms with Gasteiger partial charge in [0.05, 0.1) is 0 Å². The minimum Gasteiger partial charge on any atom is -0.459 e. The summed E-state index contributed by atoms with van der Waals surface area (Å²) in [6.07, 6.45) is -0.778. The quantitative estimate of drug-likeness (QED) is 0.326. The highest BCUT2D eigenvalue weighted by atomic mass is 31.1. The molecule has 0 heterocycles. The molecule has 0 bridgehead atoms. The van der Waals surface area contributed by atoms with Gasteiger partial charge < -0.3 is 24.4 Å². The average Bonchev–Trinajstić information content (AvgIpc) is 2.75. The van der Waals surface area contributed by atoms with Crippen molar-refractivity contribution in [1.29, 1.82) is 0 Å². The molecule has 1 unspecified atom stereocenters. The van der Waals surface area contributed by atoms with Crippen LogP contribution in [0.4, 0.5) is 4.79 Å². The summed E-state index contributed by atoms with van der Waals surface area (Å²) in [6, 6.07) is 17.1. The molecule has 156 valence electrons. The van der Waals surface area contributed by atoms with Crippen molar-refractivity contribution in [2.24, 2.45) is 0 Å². The molecule has 0 saturated carbocycles. The van der Waals surface area contributed by atoms with Crippen molar-refractivity contribution in [2.45, 2.75) is 25.7 Å². The van der Waals surface area contributed by atoms with Crippen LogP contribution in [-0.2, 0) is 36.6 Å². The van der Waals surface area contributed by atoms with Gasteiger partial charge in [0.15, 0.2) is 8.03 Å². The van der Waals surface area contributed by atoms with Gasteiger partial charge in [-0.15, -0.1) is 0 Å². The first kappa shape index (κ1) is 22.6. The number of alkyl carbamates (subject to hydrolysis) is 1. The van der Waals surface area contributed by atoms with E-state index in [-0.39, 0.29) is 25.8 Å². The summed E-state index contributed by atoms with van der Waals surface area (Å²) >= 11 is 0. The van der Waals surface area contributed by atoms with Gasteiger partial charge in [-0.05, 0) is 17.5 Å². The van der Waals surface area contributed by atoms with Gasteiger partial charge in [0.25, 0.3) is 0 Å². The fourth-order valence-electron chi connectivity index (χ4n) is 2.39. The fraction of sp³-hybridized carbons (Fsp3) is 0.300. The number of hydrogen-bond donors (Lipinski definition) is 2. The third kappa shape index (κ3) is 8.91. The Morgan fingerprint density at radius 1 is 0.931 bits per heavy atom.